The van der Waals surface area contributed by atoms with Crippen molar-refractivity contribution in [1.29, 1.82) is 0 Å². The predicted octanol–water partition coefficient (Wildman–Crippen LogP) is 18.1. The zero-order valence-electron chi connectivity index (χ0n) is 61.9. The summed E-state index contributed by atoms with van der Waals surface area (Å²) in [6.07, 6.45) is -4.90. The third-order valence-corrected chi connectivity index (χ3v) is 25.0. The molecule has 112 heavy (non-hydrogen) atoms. The largest absolute Gasteiger partial charge is 0.472 e. The van der Waals surface area contributed by atoms with Gasteiger partial charge in [-0.15, -0.1) is 0 Å². The molecule has 0 spiro atoms. The molecule has 13 aromatic rings. The van der Waals surface area contributed by atoms with Crippen molar-refractivity contribution in [3.8, 4) is 5.75 Å². The molecule has 17 rings (SSSR count). The summed E-state index contributed by atoms with van der Waals surface area (Å²) >= 11 is 0. The highest BCUT2D eigenvalue weighted by atomic mass is 31.2. The molecular formula is C88H85N2O19P3. The SMILES string of the molecule is CN(C)c1ccc(/C=C/c2ccc([C@@H]3C[C@H](OP(=O)(O)OC[C@H]4O[C@H](Oc5ccc6c7cccc8cccc(c9cccc5c96)c87)C[C@@H]4OP(=O)(O)OC[C@H]4O[C@H](c5ccc6ccc7cccc8ccc5c6c78)C[C@@H]4OP(=O)(O)OC[C@H]4O[C@H](c5ccc(/C=C/c6ccc(N(C)C)cc6)cc5)C[C@@H]4O)[C@@H](CO)O3)cc2)cc1. The number of hydrogen-bond acceptors (Lipinski definition) is 18. The van der Waals surface area contributed by atoms with E-state index in [-0.39, 0.29) is 25.7 Å². The van der Waals surface area contributed by atoms with Crippen molar-refractivity contribution >= 4 is 135 Å². The summed E-state index contributed by atoms with van der Waals surface area (Å²) in [5.74, 6) is 0.415. The zero-order chi connectivity index (χ0) is 77.2. The quantitative estimate of drug-likeness (QED) is 0.0139. The summed E-state index contributed by atoms with van der Waals surface area (Å²) < 4.78 is 111. The molecule has 3 unspecified atom stereocenters. The Hall–Kier alpha value is -8.83. The van der Waals surface area contributed by atoms with Gasteiger partial charge in [-0.25, -0.2) is 13.7 Å². The lowest BCUT2D eigenvalue weighted by atomic mass is 9.90. The monoisotopic (exact) mass is 1570 g/mol. The Morgan fingerprint density at radius 1 is 0.384 bits per heavy atom. The van der Waals surface area contributed by atoms with Crippen molar-refractivity contribution in [2.24, 2.45) is 0 Å². The fraction of sp³-hybridized carbons (Fsp3) is 0.273. The van der Waals surface area contributed by atoms with Crippen LogP contribution in [0.4, 0.5) is 11.4 Å². The third-order valence-electron chi connectivity index (χ3n) is 22.0. The number of nitrogens with zero attached hydrogens (tertiary/aromatic N) is 2. The molecule has 0 amide bonds. The number of benzene rings is 13. The topological polar surface area (TPSA) is 260 Å². The van der Waals surface area contributed by atoms with Gasteiger partial charge in [0.1, 0.15) is 48.5 Å². The van der Waals surface area contributed by atoms with Gasteiger partial charge in [-0.2, -0.15) is 0 Å². The summed E-state index contributed by atoms with van der Waals surface area (Å²) in [5.41, 5.74) is 8.41. The normalized spacial score (nSPS) is 24.6. The van der Waals surface area contributed by atoms with Crippen molar-refractivity contribution in [2.75, 3.05) is 64.4 Å². The Bertz CT molecular complexity index is 5730. The highest BCUT2D eigenvalue weighted by molar-refractivity contribution is 7.48. The van der Waals surface area contributed by atoms with Crippen molar-refractivity contribution in [3.05, 3.63) is 257 Å². The van der Waals surface area contributed by atoms with Crippen molar-refractivity contribution in [2.45, 2.75) is 99.1 Å². The first-order valence-electron chi connectivity index (χ1n) is 37.5. The second-order valence-electron chi connectivity index (χ2n) is 29.7. The van der Waals surface area contributed by atoms with Gasteiger partial charge >= 0.3 is 23.5 Å². The second-order valence-corrected chi connectivity index (χ2v) is 33.9. The van der Waals surface area contributed by atoms with Gasteiger partial charge in [0.25, 0.3) is 0 Å². The van der Waals surface area contributed by atoms with Crippen LogP contribution in [-0.2, 0) is 59.8 Å². The molecule has 15 atom stereocenters. The minimum Gasteiger partial charge on any atom is -0.464 e. The number of fused-ring (bicyclic) bond motifs is 2. The molecule has 0 bridgehead atoms. The number of hydrogen-bond donors (Lipinski definition) is 5. The molecule has 0 radical (unpaired) electrons. The van der Waals surface area contributed by atoms with Crippen LogP contribution >= 0.6 is 23.5 Å². The molecule has 4 aliphatic heterocycles. The zero-order valence-corrected chi connectivity index (χ0v) is 64.5. The summed E-state index contributed by atoms with van der Waals surface area (Å²) in [5, 5.41) is 35.8. The van der Waals surface area contributed by atoms with Gasteiger partial charge in [0.05, 0.1) is 50.8 Å². The van der Waals surface area contributed by atoms with Crippen LogP contribution in [0.1, 0.15) is 82.9 Å². The van der Waals surface area contributed by atoms with Gasteiger partial charge in [0, 0.05) is 76.0 Å². The van der Waals surface area contributed by atoms with Gasteiger partial charge in [0.15, 0.2) is 0 Å². The van der Waals surface area contributed by atoms with Crippen LogP contribution in [0.3, 0.4) is 0 Å². The predicted molar refractivity (Wildman–Crippen MR) is 436 cm³/mol. The van der Waals surface area contributed by atoms with Gasteiger partial charge in [-0.05, 0) is 134 Å². The van der Waals surface area contributed by atoms with Crippen LogP contribution in [0, 0.1) is 0 Å². The Labute approximate surface area is 647 Å². The smallest absolute Gasteiger partial charge is 0.464 e. The summed E-state index contributed by atoms with van der Waals surface area (Å²) in [6, 6.07) is 72.1. The number of phosphoric ester groups is 3. The standard InChI is InChI=1S/C88H85N2O19P3/c1-89(2)63-37-25-55(26-38-63)19-17-53-21-29-57(30-22-53)74-45-72(92)81(103-74)50-99-110(93,94)108-78-47-76(65-41-35-62-34-33-60-9-5-10-61-36-42-69(65)87(62)85(60)61)104-82(78)51-100-112(97,98)109-79-48-84(105-73-44-43-70-67-14-7-12-59-11-6-13-66(86(59)67)68-15-8-16-71(73)88(68)70)106-83(79)52-101-111(95,96)107-77-46-75(102-80(77)49-91)58-31-23-54(24-32-58)18-20-56-27-39-64(40-28-56)90(3)4/h5-44,72,74-84,91-92H,45-52H2,1-4H3,(H,93,94)(H,95,96)(H,97,98)/b19-17+,20-18+/t72-,74-,75-,76-,77-,78-,79-,80+,81+,82+,83+,84-/m0/s1. The molecule has 13 aromatic carbocycles. The van der Waals surface area contributed by atoms with Crippen molar-refractivity contribution in [1.82, 2.24) is 0 Å². The first kappa shape index (κ1) is 75.8. The number of anilines is 2. The second kappa shape index (κ2) is 31.5. The lowest BCUT2D eigenvalue weighted by Crippen LogP contribution is -2.31. The molecule has 5 N–H and O–H groups in total. The van der Waals surface area contributed by atoms with E-state index in [2.05, 4.69) is 48.5 Å². The average Bonchev–Trinajstić information content (AvgIpc) is 1.18. The Kier molecular flexibility index (Phi) is 21.3. The Morgan fingerprint density at radius 2 is 0.777 bits per heavy atom. The maximum absolute atomic E-state index is 14.8. The molecule has 0 aliphatic carbocycles. The lowest BCUT2D eigenvalue weighted by molar-refractivity contribution is -0.0939. The number of aliphatic hydroxyl groups excluding tert-OH is 2. The highest BCUT2D eigenvalue weighted by Crippen LogP contribution is 2.55. The van der Waals surface area contributed by atoms with Crippen LogP contribution in [0.5, 0.6) is 5.75 Å². The highest BCUT2D eigenvalue weighted by Gasteiger charge is 2.48. The fourth-order valence-corrected chi connectivity index (χ4v) is 19.2. The molecule has 21 nitrogen and oxygen atoms in total. The summed E-state index contributed by atoms with van der Waals surface area (Å²) in [4.78, 5) is 39.3. The fourth-order valence-electron chi connectivity index (χ4n) is 16.3. The third kappa shape index (κ3) is 16.0. The van der Waals surface area contributed by atoms with E-state index in [0.717, 1.165) is 126 Å². The molecular weight excluding hydrogens is 1480 g/mol. The van der Waals surface area contributed by atoms with E-state index in [0.29, 0.717) is 5.75 Å². The van der Waals surface area contributed by atoms with Crippen LogP contribution in [-0.4, -0.2) is 135 Å². The van der Waals surface area contributed by atoms with E-state index in [9.17, 15) is 38.6 Å². The van der Waals surface area contributed by atoms with Crippen LogP contribution in [0.25, 0.3) is 99.7 Å². The summed E-state index contributed by atoms with van der Waals surface area (Å²) in [6.45, 7) is -2.55. The molecule has 0 saturated carbocycles. The summed E-state index contributed by atoms with van der Waals surface area (Å²) in [7, 11) is -7.48. The molecule has 4 aliphatic rings. The van der Waals surface area contributed by atoms with Gasteiger partial charge < -0.3 is 58.4 Å². The van der Waals surface area contributed by atoms with Gasteiger partial charge in [-0.1, -0.05) is 212 Å². The maximum atomic E-state index is 14.8. The van der Waals surface area contributed by atoms with Crippen molar-refractivity contribution in [3.63, 3.8) is 0 Å². The van der Waals surface area contributed by atoms with E-state index >= 15 is 0 Å². The van der Waals surface area contributed by atoms with E-state index in [1.54, 1.807) is 0 Å². The number of ether oxygens (including phenoxy) is 5. The molecule has 4 fully saturated rings. The number of phosphoric acid groups is 3. The lowest BCUT2D eigenvalue weighted by Gasteiger charge is -2.25. The molecule has 0 aromatic heterocycles. The van der Waals surface area contributed by atoms with Crippen molar-refractivity contribution < 1.29 is 89.4 Å². The van der Waals surface area contributed by atoms with E-state index in [1.165, 1.54) is 0 Å². The van der Waals surface area contributed by atoms with Gasteiger partial charge in [0.2, 0.25) is 6.29 Å². The van der Waals surface area contributed by atoms with E-state index in [1.807, 2.05) is 232 Å². The first-order valence-corrected chi connectivity index (χ1v) is 42.0. The molecule has 4 heterocycles. The first-order chi connectivity index (χ1) is 54.1. The Balaban J connectivity index is 0.602. The number of rotatable bonds is 27. The van der Waals surface area contributed by atoms with Crippen LogP contribution < -0.4 is 14.5 Å². The molecule has 24 heteroatoms. The van der Waals surface area contributed by atoms with E-state index < -0.39 is 123 Å². The Morgan fingerprint density at radius 3 is 1.32 bits per heavy atom. The maximum Gasteiger partial charge on any atom is 0.472 e. The average molecular weight is 1570 g/mol. The molecule has 576 valence electrons. The van der Waals surface area contributed by atoms with E-state index in [4.69, 9.17) is 50.8 Å². The minimum atomic E-state index is -5.29. The number of aliphatic hydroxyl groups is 2. The molecule has 4 saturated heterocycles. The van der Waals surface area contributed by atoms with Gasteiger partial charge in [-0.3, -0.25) is 27.1 Å². The van der Waals surface area contributed by atoms with Crippen LogP contribution in [0.2, 0.25) is 0 Å². The van der Waals surface area contributed by atoms with Crippen LogP contribution in [0.15, 0.2) is 218 Å². The minimum absolute atomic E-state index is 0.0513.